The highest BCUT2D eigenvalue weighted by atomic mass is 35.5. The Kier molecular flexibility index (Phi) is 4.99. The summed E-state index contributed by atoms with van der Waals surface area (Å²) in [7, 11) is 1.24. The molecule has 1 atom stereocenters. The molecule has 0 aliphatic carbocycles. The molecule has 0 aromatic carbocycles. The minimum Gasteiger partial charge on any atom is -0.467 e. The Bertz CT molecular complexity index is 509. The Balaban J connectivity index is 3.18. The summed E-state index contributed by atoms with van der Waals surface area (Å²) in [5, 5.41) is 13.5. The molecule has 0 spiro atoms. The van der Waals surface area contributed by atoms with Crippen molar-refractivity contribution in [3.8, 4) is 0 Å². The first-order valence-electron chi connectivity index (χ1n) is 5.43. The number of anilines is 1. The van der Waals surface area contributed by atoms with Crippen molar-refractivity contribution in [2.75, 3.05) is 12.4 Å². The van der Waals surface area contributed by atoms with E-state index in [9.17, 15) is 14.9 Å². The number of rotatable bonds is 5. The van der Waals surface area contributed by atoms with Crippen LogP contribution in [0.4, 0.5) is 11.5 Å². The van der Waals surface area contributed by atoms with E-state index < -0.39 is 16.9 Å². The van der Waals surface area contributed by atoms with Crippen LogP contribution in [0.3, 0.4) is 0 Å². The SMILES string of the molecule is CCC(Nc1nc(Cl)nc(C)c1[N+](=O)[O-])C(=O)OC. The molecule has 8 nitrogen and oxygen atoms in total. The monoisotopic (exact) mass is 288 g/mol. The summed E-state index contributed by atoms with van der Waals surface area (Å²) in [5.41, 5.74) is -0.195. The molecule has 1 heterocycles. The molecular formula is C10H13ClN4O4. The fraction of sp³-hybridized carbons (Fsp3) is 0.500. The Morgan fingerprint density at radius 1 is 1.58 bits per heavy atom. The van der Waals surface area contributed by atoms with E-state index in [-0.39, 0.29) is 22.5 Å². The minimum atomic E-state index is -0.742. The van der Waals surface area contributed by atoms with Gasteiger partial charge in [0.25, 0.3) is 0 Å². The third-order valence-electron chi connectivity index (χ3n) is 2.42. The van der Waals surface area contributed by atoms with Gasteiger partial charge in [0, 0.05) is 0 Å². The summed E-state index contributed by atoms with van der Waals surface area (Å²) in [6.07, 6.45) is 0.379. The van der Waals surface area contributed by atoms with Crippen molar-refractivity contribution < 1.29 is 14.5 Å². The van der Waals surface area contributed by atoms with E-state index in [1.807, 2.05) is 0 Å². The van der Waals surface area contributed by atoms with Gasteiger partial charge in [-0.25, -0.2) is 9.78 Å². The lowest BCUT2D eigenvalue weighted by Gasteiger charge is -2.15. The number of hydrogen-bond acceptors (Lipinski definition) is 7. The van der Waals surface area contributed by atoms with Gasteiger partial charge in [-0.15, -0.1) is 0 Å². The molecule has 1 aromatic rings. The molecule has 0 radical (unpaired) electrons. The van der Waals surface area contributed by atoms with Crippen LogP contribution in [0.5, 0.6) is 0 Å². The number of nitrogens with zero attached hydrogens (tertiary/aromatic N) is 3. The third-order valence-corrected chi connectivity index (χ3v) is 2.59. The van der Waals surface area contributed by atoms with Gasteiger partial charge in [0.15, 0.2) is 0 Å². The summed E-state index contributed by atoms with van der Waals surface area (Å²) in [6, 6.07) is -0.742. The predicted octanol–water partition coefficient (Wildman–Crippen LogP) is 1.71. The van der Waals surface area contributed by atoms with E-state index in [1.165, 1.54) is 14.0 Å². The van der Waals surface area contributed by atoms with Crippen LogP contribution in [0.2, 0.25) is 5.28 Å². The number of carbonyl (C=O) groups excluding carboxylic acids is 1. The highest BCUT2D eigenvalue weighted by Crippen LogP contribution is 2.27. The molecule has 9 heteroatoms. The summed E-state index contributed by atoms with van der Waals surface area (Å²) < 4.78 is 4.59. The zero-order valence-corrected chi connectivity index (χ0v) is 11.4. The number of nitrogens with one attached hydrogen (secondary N) is 1. The first-order valence-corrected chi connectivity index (χ1v) is 5.81. The second kappa shape index (κ2) is 6.28. The number of esters is 1. The molecule has 1 rings (SSSR count). The van der Waals surface area contributed by atoms with Crippen LogP contribution >= 0.6 is 11.6 Å². The molecule has 0 fully saturated rings. The van der Waals surface area contributed by atoms with Crippen LogP contribution in [-0.4, -0.2) is 34.0 Å². The maximum Gasteiger partial charge on any atom is 0.332 e. The number of methoxy groups -OCH3 is 1. The van der Waals surface area contributed by atoms with Gasteiger partial charge in [-0.3, -0.25) is 10.1 Å². The lowest BCUT2D eigenvalue weighted by atomic mass is 10.2. The first-order chi connectivity index (χ1) is 8.90. The molecule has 104 valence electrons. The molecular weight excluding hydrogens is 276 g/mol. The second-order valence-electron chi connectivity index (χ2n) is 3.66. The number of carbonyl (C=O) groups is 1. The van der Waals surface area contributed by atoms with Crippen molar-refractivity contribution in [2.45, 2.75) is 26.3 Å². The Hall–Kier alpha value is -1.96. The minimum absolute atomic E-state index is 0.0975. The summed E-state index contributed by atoms with van der Waals surface area (Å²) in [6.45, 7) is 3.17. The van der Waals surface area contributed by atoms with Crippen LogP contribution in [0.1, 0.15) is 19.0 Å². The maximum absolute atomic E-state index is 11.5. The van der Waals surface area contributed by atoms with Crippen molar-refractivity contribution in [3.05, 3.63) is 21.1 Å². The smallest absolute Gasteiger partial charge is 0.332 e. The fourth-order valence-electron chi connectivity index (χ4n) is 1.49. The molecule has 0 saturated heterocycles. The standard InChI is InChI=1S/C10H13ClN4O4/c1-4-6(9(16)19-3)13-8-7(15(17)18)5(2)12-10(11)14-8/h6H,4H2,1-3H3,(H,12,13,14). The molecule has 0 bridgehead atoms. The van der Waals surface area contributed by atoms with Gasteiger partial charge >= 0.3 is 11.7 Å². The Labute approximate surface area is 114 Å². The van der Waals surface area contributed by atoms with Gasteiger partial charge in [-0.1, -0.05) is 6.92 Å². The Morgan fingerprint density at radius 3 is 2.68 bits per heavy atom. The van der Waals surface area contributed by atoms with Crippen molar-refractivity contribution in [1.29, 1.82) is 0 Å². The first kappa shape index (κ1) is 15.1. The number of halogens is 1. The van der Waals surface area contributed by atoms with Gasteiger partial charge in [0.1, 0.15) is 11.7 Å². The van der Waals surface area contributed by atoms with E-state index in [4.69, 9.17) is 11.6 Å². The molecule has 0 saturated carbocycles. The van der Waals surface area contributed by atoms with Crippen molar-refractivity contribution in [2.24, 2.45) is 0 Å². The number of hydrogen-bond donors (Lipinski definition) is 1. The quantitative estimate of drug-likeness (QED) is 0.380. The van der Waals surface area contributed by atoms with E-state index in [2.05, 4.69) is 20.0 Å². The van der Waals surface area contributed by atoms with Gasteiger partial charge in [-0.2, -0.15) is 4.98 Å². The maximum atomic E-state index is 11.5. The second-order valence-corrected chi connectivity index (χ2v) is 4.00. The average molecular weight is 289 g/mol. The molecule has 1 N–H and O–H groups in total. The summed E-state index contributed by atoms with van der Waals surface area (Å²) >= 11 is 5.67. The van der Waals surface area contributed by atoms with E-state index >= 15 is 0 Å². The van der Waals surface area contributed by atoms with Crippen LogP contribution in [-0.2, 0) is 9.53 Å². The molecule has 1 unspecified atom stereocenters. The van der Waals surface area contributed by atoms with Crippen molar-refractivity contribution in [1.82, 2.24) is 9.97 Å². The zero-order valence-electron chi connectivity index (χ0n) is 10.6. The van der Waals surface area contributed by atoms with E-state index in [0.29, 0.717) is 6.42 Å². The zero-order chi connectivity index (χ0) is 14.6. The fourth-order valence-corrected chi connectivity index (χ4v) is 1.70. The topological polar surface area (TPSA) is 107 Å². The molecule has 0 aliphatic heterocycles. The molecule has 1 aromatic heterocycles. The van der Waals surface area contributed by atoms with Crippen LogP contribution in [0, 0.1) is 17.0 Å². The molecule has 0 aliphatic rings. The van der Waals surface area contributed by atoms with Crippen molar-refractivity contribution in [3.63, 3.8) is 0 Å². The van der Waals surface area contributed by atoms with Gasteiger partial charge in [0.2, 0.25) is 11.1 Å². The van der Waals surface area contributed by atoms with E-state index in [1.54, 1.807) is 6.92 Å². The Morgan fingerprint density at radius 2 is 2.21 bits per heavy atom. The normalized spacial score (nSPS) is 11.8. The predicted molar refractivity (Wildman–Crippen MR) is 68.2 cm³/mol. The number of nitro groups is 1. The van der Waals surface area contributed by atoms with Crippen LogP contribution in [0.25, 0.3) is 0 Å². The summed E-state index contributed by atoms with van der Waals surface area (Å²) in [5.74, 6) is -0.635. The van der Waals surface area contributed by atoms with Crippen LogP contribution in [0.15, 0.2) is 0 Å². The molecule has 0 amide bonds. The lowest BCUT2D eigenvalue weighted by Crippen LogP contribution is -2.30. The highest BCUT2D eigenvalue weighted by Gasteiger charge is 2.26. The van der Waals surface area contributed by atoms with Crippen LogP contribution < -0.4 is 5.32 Å². The van der Waals surface area contributed by atoms with Gasteiger partial charge in [-0.05, 0) is 24.9 Å². The average Bonchev–Trinajstić information content (AvgIpc) is 2.33. The highest BCUT2D eigenvalue weighted by molar-refractivity contribution is 6.28. The number of aryl methyl sites for hydroxylation is 1. The summed E-state index contributed by atoms with van der Waals surface area (Å²) in [4.78, 5) is 29.3. The van der Waals surface area contributed by atoms with Crippen molar-refractivity contribution >= 4 is 29.1 Å². The largest absolute Gasteiger partial charge is 0.467 e. The number of ether oxygens (including phenoxy) is 1. The lowest BCUT2D eigenvalue weighted by molar-refractivity contribution is -0.385. The molecule has 19 heavy (non-hydrogen) atoms. The van der Waals surface area contributed by atoms with Gasteiger partial charge in [0.05, 0.1) is 12.0 Å². The van der Waals surface area contributed by atoms with Gasteiger partial charge < -0.3 is 10.1 Å². The third kappa shape index (κ3) is 3.50. The number of aromatic nitrogens is 2. The van der Waals surface area contributed by atoms with E-state index in [0.717, 1.165) is 0 Å².